The van der Waals surface area contributed by atoms with Gasteiger partial charge in [-0.3, -0.25) is 4.79 Å². The van der Waals surface area contributed by atoms with E-state index in [9.17, 15) is 4.79 Å². The van der Waals surface area contributed by atoms with Crippen molar-refractivity contribution in [2.75, 3.05) is 17.6 Å². The number of hydrogen-bond acceptors (Lipinski definition) is 4. The van der Waals surface area contributed by atoms with E-state index in [2.05, 4.69) is 28.8 Å². The largest absolute Gasteiger partial charge is 0.399 e. The number of nitrogen functional groups attached to an aromatic ring is 1. The first-order chi connectivity index (χ1) is 12.7. The second-order valence-corrected chi connectivity index (χ2v) is 6.82. The fraction of sp³-hybridized carbons (Fsp3) is 0.0952. The predicted octanol–water partition coefficient (Wildman–Crippen LogP) is 4.91. The minimum absolute atomic E-state index is 0.143. The van der Waals surface area contributed by atoms with Crippen LogP contribution in [0.15, 0.2) is 82.6 Å². The normalized spacial score (nSPS) is 10.3. The highest BCUT2D eigenvalue weighted by molar-refractivity contribution is 7.99. The molecule has 26 heavy (non-hydrogen) atoms. The summed E-state index contributed by atoms with van der Waals surface area (Å²) in [5.74, 6) is -0.143. The molecule has 0 aromatic heterocycles. The third-order valence-electron chi connectivity index (χ3n) is 3.75. The van der Waals surface area contributed by atoms with Crippen LogP contribution < -0.4 is 16.4 Å². The van der Waals surface area contributed by atoms with E-state index in [0.717, 1.165) is 21.2 Å². The van der Waals surface area contributed by atoms with Crippen LogP contribution in [-0.4, -0.2) is 12.5 Å². The van der Waals surface area contributed by atoms with Gasteiger partial charge >= 0.3 is 0 Å². The van der Waals surface area contributed by atoms with Crippen LogP contribution in [0.4, 0.5) is 17.1 Å². The lowest BCUT2D eigenvalue weighted by Gasteiger charge is -2.15. The lowest BCUT2D eigenvalue weighted by molar-refractivity contribution is 0.0956. The van der Waals surface area contributed by atoms with Gasteiger partial charge in [0.2, 0.25) is 0 Å². The van der Waals surface area contributed by atoms with Gasteiger partial charge in [0.05, 0.1) is 16.9 Å². The first kappa shape index (κ1) is 17.9. The van der Waals surface area contributed by atoms with E-state index in [4.69, 9.17) is 5.73 Å². The maximum Gasteiger partial charge on any atom is 0.253 e. The van der Waals surface area contributed by atoms with Gasteiger partial charge in [-0.05, 0) is 49.4 Å². The van der Waals surface area contributed by atoms with Gasteiger partial charge in [0, 0.05) is 22.0 Å². The number of benzene rings is 3. The Hall–Kier alpha value is -2.92. The molecule has 3 aromatic rings. The molecule has 0 heterocycles. The zero-order valence-electron chi connectivity index (χ0n) is 14.5. The van der Waals surface area contributed by atoms with E-state index < -0.39 is 0 Å². The summed E-state index contributed by atoms with van der Waals surface area (Å²) < 4.78 is 0. The number of carbonyl (C=O) groups is 1. The fourth-order valence-corrected chi connectivity index (χ4v) is 3.46. The van der Waals surface area contributed by atoms with Gasteiger partial charge in [-0.2, -0.15) is 0 Å². The first-order valence-corrected chi connectivity index (χ1v) is 9.25. The van der Waals surface area contributed by atoms with Crippen LogP contribution in [0.2, 0.25) is 0 Å². The molecular formula is C21H21N3OS. The van der Waals surface area contributed by atoms with Crippen LogP contribution in [0.1, 0.15) is 17.3 Å². The highest BCUT2D eigenvalue weighted by Crippen LogP contribution is 2.35. The molecule has 5 heteroatoms. The monoisotopic (exact) mass is 363 g/mol. The minimum Gasteiger partial charge on any atom is -0.399 e. The number of nitrogens with one attached hydrogen (secondary N) is 2. The molecule has 1 amide bonds. The second-order valence-electron chi connectivity index (χ2n) is 5.70. The van der Waals surface area contributed by atoms with Crippen molar-refractivity contribution in [2.24, 2.45) is 0 Å². The van der Waals surface area contributed by atoms with E-state index in [1.165, 1.54) is 0 Å². The predicted molar refractivity (Wildman–Crippen MR) is 109 cm³/mol. The van der Waals surface area contributed by atoms with Gasteiger partial charge in [0.1, 0.15) is 0 Å². The van der Waals surface area contributed by atoms with Gasteiger partial charge < -0.3 is 16.4 Å². The van der Waals surface area contributed by atoms with Crippen molar-refractivity contribution < 1.29 is 4.79 Å². The Kier molecular flexibility index (Phi) is 5.81. The molecule has 4 nitrogen and oxygen atoms in total. The van der Waals surface area contributed by atoms with Crippen LogP contribution in [-0.2, 0) is 0 Å². The number of amides is 1. The van der Waals surface area contributed by atoms with Crippen molar-refractivity contribution in [3.8, 4) is 0 Å². The number of anilines is 3. The molecular weight excluding hydrogens is 342 g/mol. The van der Waals surface area contributed by atoms with Gasteiger partial charge in [-0.25, -0.2) is 0 Å². The van der Waals surface area contributed by atoms with E-state index in [1.54, 1.807) is 23.9 Å². The Balaban J connectivity index is 1.91. The molecule has 0 spiro atoms. The number of carbonyl (C=O) groups excluding carboxylic acids is 1. The molecule has 0 aliphatic heterocycles. The van der Waals surface area contributed by atoms with Crippen LogP contribution >= 0.6 is 11.8 Å². The van der Waals surface area contributed by atoms with E-state index in [-0.39, 0.29) is 5.91 Å². The number of rotatable bonds is 6. The Morgan fingerprint density at radius 1 is 0.962 bits per heavy atom. The molecule has 3 rings (SSSR count). The third kappa shape index (κ3) is 4.37. The van der Waals surface area contributed by atoms with Crippen molar-refractivity contribution in [3.05, 3.63) is 78.4 Å². The molecule has 0 radical (unpaired) electrons. The average molecular weight is 363 g/mol. The zero-order chi connectivity index (χ0) is 18.4. The van der Waals surface area contributed by atoms with Crippen molar-refractivity contribution in [1.29, 1.82) is 0 Å². The van der Waals surface area contributed by atoms with E-state index in [0.29, 0.717) is 17.8 Å². The summed E-state index contributed by atoms with van der Waals surface area (Å²) in [6.45, 7) is 2.45. The van der Waals surface area contributed by atoms with Gasteiger partial charge in [-0.1, -0.05) is 42.1 Å². The van der Waals surface area contributed by atoms with Crippen molar-refractivity contribution in [1.82, 2.24) is 5.32 Å². The molecule has 0 aliphatic carbocycles. The lowest BCUT2D eigenvalue weighted by atomic mass is 10.1. The molecule has 4 N–H and O–H groups in total. The summed E-state index contributed by atoms with van der Waals surface area (Å²) >= 11 is 1.67. The maximum absolute atomic E-state index is 12.4. The quantitative estimate of drug-likeness (QED) is 0.544. The maximum atomic E-state index is 12.4. The smallest absolute Gasteiger partial charge is 0.253 e. The number of nitrogens with two attached hydrogens (primary N) is 1. The molecule has 0 atom stereocenters. The highest BCUT2D eigenvalue weighted by atomic mass is 32.2. The van der Waals surface area contributed by atoms with Gasteiger partial charge in [-0.15, -0.1) is 0 Å². The number of para-hydroxylation sites is 1. The Morgan fingerprint density at radius 3 is 2.46 bits per heavy atom. The number of hydrogen-bond donors (Lipinski definition) is 3. The Labute approximate surface area is 157 Å². The SMILES string of the molecule is CCNC(=O)c1cc(N)ccc1Nc1ccccc1Sc1ccccc1. The second kappa shape index (κ2) is 8.45. The third-order valence-corrected chi connectivity index (χ3v) is 4.84. The van der Waals surface area contributed by atoms with Crippen LogP contribution in [0.25, 0.3) is 0 Å². The fourth-order valence-electron chi connectivity index (χ4n) is 2.53. The molecule has 0 saturated carbocycles. The summed E-state index contributed by atoms with van der Waals surface area (Å²) in [5, 5.41) is 6.22. The molecule has 0 aliphatic rings. The summed E-state index contributed by atoms with van der Waals surface area (Å²) in [7, 11) is 0. The van der Waals surface area contributed by atoms with Crippen molar-refractivity contribution >= 4 is 34.7 Å². The zero-order valence-corrected chi connectivity index (χ0v) is 15.3. The van der Waals surface area contributed by atoms with Crippen molar-refractivity contribution in [3.63, 3.8) is 0 Å². The Bertz CT molecular complexity index is 897. The van der Waals surface area contributed by atoms with E-state index in [1.807, 2.05) is 49.4 Å². The van der Waals surface area contributed by atoms with Gasteiger partial charge in [0.15, 0.2) is 0 Å². The van der Waals surface area contributed by atoms with Crippen molar-refractivity contribution in [2.45, 2.75) is 16.7 Å². The highest BCUT2D eigenvalue weighted by Gasteiger charge is 2.13. The molecule has 0 saturated heterocycles. The molecule has 132 valence electrons. The lowest BCUT2D eigenvalue weighted by Crippen LogP contribution is -2.23. The van der Waals surface area contributed by atoms with Crippen LogP contribution in [0.3, 0.4) is 0 Å². The van der Waals surface area contributed by atoms with Crippen LogP contribution in [0.5, 0.6) is 0 Å². The molecule has 0 unspecified atom stereocenters. The topological polar surface area (TPSA) is 67.2 Å². The first-order valence-electron chi connectivity index (χ1n) is 8.44. The summed E-state index contributed by atoms with van der Waals surface area (Å²) in [6.07, 6.45) is 0. The summed E-state index contributed by atoms with van der Waals surface area (Å²) in [5.41, 5.74) is 8.64. The molecule has 3 aromatic carbocycles. The average Bonchev–Trinajstić information content (AvgIpc) is 2.66. The van der Waals surface area contributed by atoms with Gasteiger partial charge in [0.25, 0.3) is 5.91 Å². The standard InChI is InChI=1S/C21H21N3OS/c1-2-23-21(25)17-14-15(22)12-13-18(17)24-19-10-6-7-11-20(19)26-16-8-4-3-5-9-16/h3-14,24H,2,22H2,1H3,(H,23,25). The van der Waals surface area contributed by atoms with Crippen LogP contribution in [0, 0.1) is 0 Å². The molecule has 0 fully saturated rings. The minimum atomic E-state index is -0.143. The summed E-state index contributed by atoms with van der Waals surface area (Å²) in [6, 6.07) is 23.5. The van der Waals surface area contributed by atoms with E-state index >= 15 is 0 Å². The summed E-state index contributed by atoms with van der Waals surface area (Å²) in [4.78, 5) is 14.6. The Morgan fingerprint density at radius 2 is 1.69 bits per heavy atom. The molecule has 0 bridgehead atoms.